The van der Waals surface area contributed by atoms with Crippen LogP contribution in [0.3, 0.4) is 0 Å². The topological polar surface area (TPSA) is 77.8 Å². The molecule has 1 aromatic carbocycles. The highest BCUT2D eigenvalue weighted by atomic mass is 16.4. The van der Waals surface area contributed by atoms with E-state index in [2.05, 4.69) is 6.92 Å². The molecular formula is C26H40O4. The first-order valence-corrected chi connectivity index (χ1v) is 12.1. The number of aromatic hydroxyl groups is 2. The largest absolute Gasteiger partial charge is 0.504 e. The van der Waals surface area contributed by atoms with Gasteiger partial charge in [0.1, 0.15) is 0 Å². The highest BCUT2D eigenvalue weighted by Gasteiger charge is 2.49. The van der Waals surface area contributed by atoms with Gasteiger partial charge in [-0.05, 0) is 92.9 Å². The Kier molecular flexibility index (Phi) is 7.70. The summed E-state index contributed by atoms with van der Waals surface area (Å²) < 4.78 is 0. The molecule has 2 aliphatic carbocycles. The van der Waals surface area contributed by atoms with Crippen LogP contribution < -0.4 is 0 Å². The standard InChI is InChI=1S/C26H40O4/c1-25(14-15-25)12-8-4-2-6-10-20-18-22(27)23(28)19-21(20)11-7-3-5-9-13-26(16-17-26)24(29)30/h18-19,27-28H,2-17H2,1H3,(H,29,30). The summed E-state index contributed by atoms with van der Waals surface area (Å²) in [4.78, 5) is 11.2. The van der Waals surface area contributed by atoms with Gasteiger partial charge in [0.25, 0.3) is 0 Å². The summed E-state index contributed by atoms with van der Waals surface area (Å²) in [6.45, 7) is 2.40. The normalized spacial score (nSPS) is 18.3. The molecule has 3 rings (SSSR count). The molecule has 2 saturated carbocycles. The summed E-state index contributed by atoms with van der Waals surface area (Å²) >= 11 is 0. The van der Waals surface area contributed by atoms with E-state index >= 15 is 0 Å². The molecular weight excluding hydrogens is 376 g/mol. The highest BCUT2D eigenvalue weighted by Crippen LogP contribution is 2.50. The maximum atomic E-state index is 11.2. The molecule has 0 heterocycles. The Hall–Kier alpha value is -1.71. The zero-order valence-electron chi connectivity index (χ0n) is 18.7. The lowest BCUT2D eigenvalue weighted by atomic mass is 9.94. The van der Waals surface area contributed by atoms with Crippen LogP contribution in [0.25, 0.3) is 0 Å². The minimum atomic E-state index is -0.617. The minimum absolute atomic E-state index is 0.0150. The smallest absolute Gasteiger partial charge is 0.309 e. The van der Waals surface area contributed by atoms with Crippen LogP contribution in [0.4, 0.5) is 0 Å². The fraction of sp³-hybridized carbons (Fsp3) is 0.731. The monoisotopic (exact) mass is 416 g/mol. The number of carboxylic acids is 1. The summed E-state index contributed by atoms with van der Waals surface area (Å²) in [7, 11) is 0. The Morgan fingerprint density at radius 2 is 1.23 bits per heavy atom. The molecule has 4 nitrogen and oxygen atoms in total. The molecule has 0 bridgehead atoms. The van der Waals surface area contributed by atoms with Crippen LogP contribution >= 0.6 is 0 Å². The third-order valence-corrected chi connectivity index (χ3v) is 7.54. The van der Waals surface area contributed by atoms with Crippen molar-refractivity contribution in [3.63, 3.8) is 0 Å². The third-order valence-electron chi connectivity index (χ3n) is 7.54. The summed E-state index contributed by atoms with van der Waals surface area (Å²) in [6.07, 6.45) is 17.7. The van der Waals surface area contributed by atoms with Crippen molar-refractivity contribution >= 4 is 5.97 Å². The number of benzene rings is 1. The van der Waals surface area contributed by atoms with Gasteiger partial charge in [-0.25, -0.2) is 0 Å². The zero-order chi connectivity index (χ0) is 21.6. The Balaban J connectivity index is 1.35. The van der Waals surface area contributed by atoms with Crippen molar-refractivity contribution in [3.8, 4) is 11.5 Å². The Labute approximate surface area is 181 Å². The minimum Gasteiger partial charge on any atom is -0.504 e. The van der Waals surface area contributed by atoms with Crippen molar-refractivity contribution in [2.45, 2.75) is 110 Å². The molecule has 0 unspecified atom stereocenters. The molecule has 168 valence electrons. The number of aryl methyl sites for hydroxylation is 2. The van der Waals surface area contributed by atoms with E-state index in [1.807, 2.05) is 0 Å². The van der Waals surface area contributed by atoms with E-state index in [1.54, 1.807) is 12.1 Å². The number of carboxylic acid groups (broad SMARTS) is 1. The van der Waals surface area contributed by atoms with Gasteiger partial charge in [0.15, 0.2) is 11.5 Å². The van der Waals surface area contributed by atoms with E-state index in [4.69, 9.17) is 0 Å². The number of hydrogen-bond donors (Lipinski definition) is 3. The molecule has 3 N–H and O–H groups in total. The first-order valence-electron chi connectivity index (χ1n) is 12.1. The summed E-state index contributed by atoms with van der Waals surface area (Å²) in [6, 6.07) is 3.49. The quantitative estimate of drug-likeness (QED) is 0.218. The molecule has 2 aliphatic rings. The van der Waals surface area contributed by atoms with Crippen LogP contribution in [-0.4, -0.2) is 21.3 Å². The molecule has 0 aromatic heterocycles. The lowest BCUT2D eigenvalue weighted by molar-refractivity contribution is -0.143. The van der Waals surface area contributed by atoms with Gasteiger partial charge in [0, 0.05) is 0 Å². The predicted molar refractivity (Wildman–Crippen MR) is 120 cm³/mol. The molecule has 0 atom stereocenters. The molecule has 0 spiro atoms. The van der Waals surface area contributed by atoms with Gasteiger partial charge in [-0.15, -0.1) is 0 Å². The molecule has 1 aromatic rings. The van der Waals surface area contributed by atoms with Crippen LogP contribution in [0.5, 0.6) is 11.5 Å². The second-order valence-electron chi connectivity index (χ2n) is 10.3. The highest BCUT2D eigenvalue weighted by molar-refractivity contribution is 5.77. The van der Waals surface area contributed by atoms with Gasteiger partial charge in [0.2, 0.25) is 0 Å². The molecule has 0 radical (unpaired) electrons. The average Bonchev–Trinajstić information content (AvgIpc) is 3.62. The first kappa shape index (κ1) is 23.0. The van der Waals surface area contributed by atoms with Crippen LogP contribution in [0.1, 0.15) is 108 Å². The SMILES string of the molecule is CC1(CCCCCCc2cc(O)c(O)cc2CCCCCCC2(C(=O)O)CC2)CC1. The van der Waals surface area contributed by atoms with Crippen LogP contribution in [0.15, 0.2) is 12.1 Å². The van der Waals surface area contributed by atoms with Crippen molar-refractivity contribution in [2.24, 2.45) is 10.8 Å². The number of rotatable bonds is 15. The van der Waals surface area contributed by atoms with Crippen LogP contribution in [-0.2, 0) is 17.6 Å². The predicted octanol–water partition coefficient (Wildman–Crippen LogP) is 6.75. The van der Waals surface area contributed by atoms with Crippen LogP contribution in [0.2, 0.25) is 0 Å². The summed E-state index contributed by atoms with van der Waals surface area (Å²) in [5.74, 6) is -0.657. The molecule has 0 aliphatic heterocycles. The van der Waals surface area contributed by atoms with E-state index in [1.165, 1.54) is 44.1 Å². The van der Waals surface area contributed by atoms with Gasteiger partial charge >= 0.3 is 5.97 Å². The second kappa shape index (κ2) is 10.1. The number of unbranched alkanes of at least 4 members (excludes halogenated alkanes) is 6. The molecule has 30 heavy (non-hydrogen) atoms. The molecule has 0 amide bonds. The number of hydrogen-bond acceptors (Lipinski definition) is 3. The van der Waals surface area contributed by atoms with Gasteiger partial charge in [-0.3, -0.25) is 4.79 Å². The third kappa shape index (κ3) is 6.65. The van der Waals surface area contributed by atoms with E-state index < -0.39 is 11.4 Å². The number of carbonyl (C=O) groups is 1. The van der Waals surface area contributed by atoms with E-state index in [0.29, 0.717) is 5.41 Å². The lowest BCUT2D eigenvalue weighted by Crippen LogP contribution is -2.14. The number of aliphatic carboxylic acids is 1. The molecule has 0 saturated heterocycles. The van der Waals surface area contributed by atoms with Crippen molar-refractivity contribution in [1.29, 1.82) is 0 Å². The Morgan fingerprint density at radius 1 is 0.767 bits per heavy atom. The number of phenolic OH excluding ortho intramolecular Hbond substituents is 2. The van der Waals surface area contributed by atoms with Gasteiger partial charge in [-0.2, -0.15) is 0 Å². The number of phenols is 2. The van der Waals surface area contributed by atoms with Crippen molar-refractivity contribution < 1.29 is 20.1 Å². The van der Waals surface area contributed by atoms with Gasteiger partial charge in [0.05, 0.1) is 5.41 Å². The second-order valence-corrected chi connectivity index (χ2v) is 10.3. The van der Waals surface area contributed by atoms with E-state index in [-0.39, 0.29) is 11.5 Å². The Morgan fingerprint density at radius 3 is 1.67 bits per heavy atom. The maximum absolute atomic E-state index is 11.2. The fourth-order valence-corrected chi connectivity index (χ4v) is 4.67. The average molecular weight is 417 g/mol. The van der Waals surface area contributed by atoms with E-state index in [0.717, 1.165) is 69.8 Å². The zero-order valence-corrected chi connectivity index (χ0v) is 18.7. The lowest BCUT2D eigenvalue weighted by Gasteiger charge is -2.13. The fourth-order valence-electron chi connectivity index (χ4n) is 4.67. The first-order chi connectivity index (χ1) is 14.3. The summed E-state index contributed by atoms with van der Waals surface area (Å²) in [5, 5.41) is 29.1. The van der Waals surface area contributed by atoms with Gasteiger partial charge < -0.3 is 15.3 Å². The van der Waals surface area contributed by atoms with Crippen LogP contribution in [0, 0.1) is 10.8 Å². The Bertz CT molecular complexity index is 716. The van der Waals surface area contributed by atoms with Gasteiger partial charge in [-0.1, -0.05) is 45.4 Å². The van der Waals surface area contributed by atoms with Crippen molar-refractivity contribution in [2.75, 3.05) is 0 Å². The van der Waals surface area contributed by atoms with Crippen molar-refractivity contribution in [3.05, 3.63) is 23.3 Å². The summed E-state index contributed by atoms with van der Waals surface area (Å²) in [5.41, 5.74) is 2.58. The molecule has 4 heteroatoms. The van der Waals surface area contributed by atoms with E-state index in [9.17, 15) is 20.1 Å². The molecule has 2 fully saturated rings. The maximum Gasteiger partial charge on any atom is 0.309 e. The van der Waals surface area contributed by atoms with Crippen molar-refractivity contribution in [1.82, 2.24) is 0 Å².